The molecule has 0 atom stereocenters. The number of hydrogen-bond acceptors (Lipinski definition) is 3. The molecule has 0 aliphatic carbocycles. The summed E-state index contributed by atoms with van der Waals surface area (Å²) >= 11 is 0. The number of carbonyl (C=O) groups is 1. The summed E-state index contributed by atoms with van der Waals surface area (Å²) in [4.78, 5) is 8.81. The van der Waals surface area contributed by atoms with Crippen LogP contribution in [0, 0.1) is 0 Å². The van der Waals surface area contributed by atoms with Gasteiger partial charge in [0.25, 0.3) is 0 Å². The lowest BCUT2D eigenvalue weighted by Gasteiger charge is -2.13. The van der Waals surface area contributed by atoms with Crippen molar-refractivity contribution < 1.29 is 14.3 Å². The van der Waals surface area contributed by atoms with Crippen molar-refractivity contribution >= 4 is 6.29 Å². The molecule has 1 aliphatic rings. The Morgan fingerprint density at radius 1 is 1.30 bits per heavy atom. The Balaban J connectivity index is 0.000000236. The number of aldehydes is 1. The van der Waals surface area contributed by atoms with Gasteiger partial charge in [-0.25, -0.2) is 0 Å². The van der Waals surface area contributed by atoms with Crippen molar-refractivity contribution in [2.75, 3.05) is 13.2 Å². The Bertz CT molecular complexity index is 91.0. The van der Waals surface area contributed by atoms with Gasteiger partial charge >= 0.3 is 0 Å². The second kappa shape index (κ2) is 4.41. The molecule has 3 nitrogen and oxygen atoms in total. The van der Waals surface area contributed by atoms with E-state index < -0.39 is 0 Å². The van der Waals surface area contributed by atoms with Gasteiger partial charge in [-0.15, -0.1) is 0 Å². The third kappa shape index (κ3) is 4.47. The van der Waals surface area contributed by atoms with E-state index in [1.54, 1.807) is 0 Å². The molecule has 0 aromatic heterocycles. The highest BCUT2D eigenvalue weighted by atomic mass is 16.7. The van der Waals surface area contributed by atoms with Crippen molar-refractivity contribution in [3.05, 3.63) is 0 Å². The SMILES string of the molecule is CC1(C)OCCO1.CC=O. The Morgan fingerprint density at radius 3 is 1.70 bits per heavy atom. The highest BCUT2D eigenvalue weighted by molar-refractivity contribution is 5.44. The van der Waals surface area contributed by atoms with E-state index >= 15 is 0 Å². The monoisotopic (exact) mass is 146 g/mol. The molecule has 1 fully saturated rings. The molecule has 0 aromatic carbocycles. The Morgan fingerprint density at radius 2 is 1.60 bits per heavy atom. The Hall–Kier alpha value is -0.410. The molecule has 1 aliphatic heterocycles. The molecule has 0 radical (unpaired) electrons. The topological polar surface area (TPSA) is 35.5 Å². The van der Waals surface area contributed by atoms with Gasteiger partial charge in [0.15, 0.2) is 5.79 Å². The van der Waals surface area contributed by atoms with Crippen molar-refractivity contribution in [1.82, 2.24) is 0 Å². The zero-order valence-corrected chi connectivity index (χ0v) is 6.72. The summed E-state index contributed by atoms with van der Waals surface area (Å²) in [5, 5.41) is 0. The molecule has 0 aromatic rings. The maximum Gasteiger partial charge on any atom is 0.162 e. The van der Waals surface area contributed by atoms with Gasteiger partial charge in [0.1, 0.15) is 6.29 Å². The van der Waals surface area contributed by atoms with E-state index in [1.807, 2.05) is 13.8 Å². The largest absolute Gasteiger partial charge is 0.348 e. The fourth-order valence-corrected chi connectivity index (χ4v) is 0.617. The predicted molar refractivity (Wildman–Crippen MR) is 37.7 cm³/mol. The van der Waals surface area contributed by atoms with Gasteiger partial charge in [0, 0.05) is 0 Å². The van der Waals surface area contributed by atoms with E-state index in [2.05, 4.69) is 0 Å². The molecule has 0 bridgehead atoms. The van der Waals surface area contributed by atoms with Gasteiger partial charge in [-0.05, 0) is 20.8 Å². The second-order valence-corrected chi connectivity index (χ2v) is 2.33. The molecule has 3 heteroatoms. The van der Waals surface area contributed by atoms with Crippen LogP contribution in [0.5, 0.6) is 0 Å². The molecule has 0 N–H and O–H groups in total. The van der Waals surface area contributed by atoms with Crippen LogP contribution in [0.15, 0.2) is 0 Å². The van der Waals surface area contributed by atoms with Crippen LogP contribution in [0.4, 0.5) is 0 Å². The van der Waals surface area contributed by atoms with Crippen LogP contribution in [-0.2, 0) is 14.3 Å². The minimum Gasteiger partial charge on any atom is -0.348 e. The van der Waals surface area contributed by atoms with Crippen LogP contribution in [0.3, 0.4) is 0 Å². The summed E-state index contributed by atoms with van der Waals surface area (Å²) < 4.78 is 10.2. The van der Waals surface area contributed by atoms with Gasteiger partial charge in [0.2, 0.25) is 0 Å². The molecule has 60 valence electrons. The maximum atomic E-state index is 8.81. The third-order valence-corrected chi connectivity index (χ3v) is 0.983. The van der Waals surface area contributed by atoms with E-state index in [0.717, 1.165) is 19.5 Å². The summed E-state index contributed by atoms with van der Waals surface area (Å²) in [6, 6.07) is 0. The molecule has 1 saturated heterocycles. The number of ether oxygens (including phenoxy) is 2. The van der Waals surface area contributed by atoms with Gasteiger partial charge < -0.3 is 14.3 Å². The standard InChI is InChI=1S/C5H10O2.C2H4O/c1-5(2)6-3-4-7-5;1-2-3/h3-4H2,1-2H3;2H,1H3. The lowest BCUT2D eigenvalue weighted by atomic mass is 10.4. The molecular formula is C7H14O3. The number of hydrogen-bond donors (Lipinski definition) is 0. The zero-order chi connectivity index (χ0) is 8.04. The van der Waals surface area contributed by atoms with Crippen LogP contribution >= 0.6 is 0 Å². The van der Waals surface area contributed by atoms with Gasteiger partial charge in [0.05, 0.1) is 13.2 Å². The van der Waals surface area contributed by atoms with Crippen molar-refractivity contribution in [3.63, 3.8) is 0 Å². The minimum atomic E-state index is -0.306. The lowest BCUT2D eigenvalue weighted by molar-refractivity contribution is -0.125. The Labute approximate surface area is 61.3 Å². The van der Waals surface area contributed by atoms with E-state index in [1.165, 1.54) is 6.92 Å². The fourth-order valence-electron chi connectivity index (χ4n) is 0.617. The average molecular weight is 146 g/mol. The van der Waals surface area contributed by atoms with Crippen molar-refractivity contribution in [1.29, 1.82) is 0 Å². The number of rotatable bonds is 0. The van der Waals surface area contributed by atoms with Gasteiger partial charge in [-0.3, -0.25) is 0 Å². The molecular weight excluding hydrogens is 132 g/mol. The molecule has 1 heterocycles. The van der Waals surface area contributed by atoms with Crippen LogP contribution in [0.25, 0.3) is 0 Å². The van der Waals surface area contributed by atoms with Crippen molar-refractivity contribution in [3.8, 4) is 0 Å². The van der Waals surface area contributed by atoms with Gasteiger partial charge in [-0.2, -0.15) is 0 Å². The summed E-state index contributed by atoms with van der Waals surface area (Å²) in [5.74, 6) is -0.306. The summed E-state index contributed by atoms with van der Waals surface area (Å²) in [5.41, 5.74) is 0. The third-order valence-electron chi connectivity index (χ3n) is 0.983. The van der Waals surface area contributed by atoms with E-state index in [0.29, 0.717) is 0 Å². The quantitative estimate of drug-likeness (QED) is 0.478. The molecule has 1 rings (SSSR count). The summed E-state index contributed by atoms with van der Waals surface area (Å²) in [7, 11) is 0. The van der Waals surface area contributed by atoms with Crippen LogP contribution < -0.4 is 0 Å². The first-order valence-corrected chi connectivity index (χ1v) is 3.30. The van der Waals surface area contributed by atoms with Crippen LogP contribution in [0.1, 0.15) is 20.8 Å². The average Bonchev–Trinajstić information content (AvgIpc) is 2.16. The highest BCUT2D eigenvalue weighted by Gasteiger charge is 2.23. The molecule has 0 saturated carbocycles. The molecule has 0 amide bonds. The first-order valence-electron chi connectivity index (χ1n) is 3.30. The van der Waals surface area contributed by atoms with Crippen LogP contribution in [-0.4, -0.2) is 25.3 Å². The molecule has 0 spiro atoms. The van der Waals surface area contributed by atoms with E-state index in [9.17, 15) is 0 Å². The first kappa shape index (κ1) is 9.59. The fraction of sp³-hybridized carbons (Fsp3) is 0.857. The normalized spacial score (nSPS) is 21.1. The predicted octanol–water partition coefficient (Wildman–Crippen LogP) is 0.974. The van der Waals surface area contributed by atoms with Crippen molar-refractivity contribution in [2.45, 2.75) is 26.6 Å². The smallest absolute Gasteiger partial charge is 0.162 e. The molecule has 0 unspecified atom stereocenters. The van der Waals surface area contributed by atoms with E-state index in [-0.39, 0.29) is 5.79 Å². The molecule has 10 heavy (non-hydrogen) atoms. The maximum absolute atomic E-state index is 8.81. The first-order chi connectivity index (χ1) is 4.62. The number of carbonyl (C=O) groups excluding carboxylic acids is 1. The van der Waals surface area contributed by atoms with Gasteiger partial charge in [-0.1, -0.05) is 0 Å². The highest BCUT2D eigenvalue weighted by Crippen LogP contribution is 2.15. The van der Waals surface area contributed by atoms with Crippen molar-refractivity contribution in [2.24, 2.45) is 0 Å². The zero-order valence-electron chi connectivity index (χ0n) is 6.72. The summed E-state index contributed by atoms with van der Waals surface area (Å²) in [6.45, 7) is 6.76. The Kier molecular flexibility index (Phi) is 4.23. The summed E-state index contributed by atoms with van der Waals surface area (Å²) in [6.07, 6.45) is 0.750. The van der Waals surface area contributed by atoms with Crippen LogP contribution in [0.2, 0.25) is 0 Å². The lowest BCUT2D eigenvalue weighted by Crippen LogP contribution is -2.18. The second-order valence-electron chi connectivity index (χ2n) is 2.33. The van der Waals surface area contributed by atoms with E-state index in [4.69, 9.17) is 14.3 Å². The minimum absolute atomic E-state index is 0.306.